The summed E-state index contributed by atoms with van der Waals surface area (Å²) in [6.45, 7) is 2.48. The number of amides is 2. The normalized spacial score (nSPS) is 14.1. The van der Waals surface area contributed by atoms with Gasteiger partial charge in [0, 0.05) is 24.3 Å². The summed E-state index contributed by atoms with van der Waals surface area (Å²) in [7, 11) is 0. The molecular weight excluding hydrogens is 425 g/mol. The van der Waals surface area contributed by atoms with Gasteiger partial charge in [-0.3, -0.25) is 14.5 Å². The Balaban J connectivity index is 1.80. The van der Waals surface area contributed by atoms with Crippen LogP contribution in [0.25, 0.3) is 0 Å². The van der Waals surface area contributed by atoms with E-state index in [4.69, 9.17) is 16.7 Å². The van der Waals surface area contributed by atoms with Gasteiger partial charge in [0.15, 0.2) is 0 Å². The van der Waals surface area contributed by atoms with Crippen LogP contribution in [0, 0.1) is 5.82 Å². The molecule has 1 aliphatic heterocycles. The molecule has 0 unspecified atom stereocenters. The van der Waals surface area contributed by atoms with E-state index in [2.05, 4.69) is 15.5 Å². The van der Waals surface area contributed by atoms with E-state index >= 15 is 0 Å². The fourth-order valence-electron chi connectivity index (χ4n) is 3.47. The lowest BCUT2D eigenvalue weighted by atomic mass is 10.0. The number of piperidine rings is 1. The first kappa shape index (κ1) is 22.7. The fraction of sp³-hybridized carbons (Fsp3) is 0.318. The molecule has 3 rings (SSSR count). The Labute approximate surface area is 184 Å². The Bertz CT molecular complexity index is 993. The molecule has 1 heterocycles. The number of carboxylic acids is 1. The number of hydrogen-bond acceptors (Lipinski definition) is 4. The quantitative estimate of drug-likeness (QED) is 0.589. The number of anilines is 1. The zero-order valence-electron chi connectivity index (χ0n) is 16.8. The molecule has 0 aromatic heterocycles. The molecule has 0 radical (unpaired) electrons. The molecule has 2 amide bonds. The summed E-state index contributed by atoms with van der Waals surface area (Å²) < 4.78 is 13.7. The Morgan fingerprint density at radius 1 is 1.03 bits per heavy atom. The molecule has 1 aliphatic rings. The van der Waals surface area contributed by atoms with E-state index in [0.29, 0.717) is 12.1 Å². The highest BCUT2D eigenvalue weighted by Crippen LogP contribution is 2.21. The van der Waals surface area contributed by atoms with Crippen molar-refractivity contribution < 1.29 is 23.9 Å². The number of carbonyl (C=O) groups is 3. The zero-order valence-corrected chi connectivity index (χ0v) is 17.5. The van der Waals surface area contributed by atoms with E-state index in [1.807, 2.05) is 0 Å². The van der Waals surface area contributed by atoms with Crippen molar-refractivity contribution in [2.45, 2.75) is 32.4 Å². The predicted octanol–water partition coefficient (Wildman–Crippen LogP) is 3.42. The van der Waals surface area contributed by atoms with Crippen molar-refractivity contribution >= 4 is 35.1 Å². The summed E-state index contributed by atoms with van der Waals surface area (Å²) >= 11 is 5.68. The van der Waals surface area contributed by atoms with Gasteiger partial charge in [0.1, 0.15) is 5.82 Å². The molecule has 2 aromatic carbocycles. The van der Waals surface area contributed by atoms with Crippen LogP contribution in [-0.4, -0.2) is 40.9 Å². The molecule has 0 bridgehead atoms. The average molecular weight is 448 g/mol. The highest BCUT2D eigenvalue weighted by atomic mass is 35.5. The minimum atomic E-state index is -1.55. The van der Waals surface area contributed by atoms with Crippen molar-refractivity contribution in [3.63, 3.8) is 0 Å². The van der Waals surface area contributed by atoms with Crippen LogP contribution in [0.2, 0.25) is 5.02 Å². The second-order valence-corrected chi connectivity index (χ2v) is 7.80. The van der Waals surface area contributed by atoms with Crippen LogP contribution >= 0.6 is 11.6 Å². The summed E-state index contributed by atoms with van der Waals surface area (Å²) in [5, 5.41) is 13.8. The number of carboxylic acid groups (broad SMARTS) is 1. The number of nitrogens with zero attached hydrogens (tertiary/aromatic N) is 1. The average Bonchev–Trinajstić information content (AvgIpc) is 2.75. The van der Waals surface area contributed by atoms with Crippen LogP contribution in [0.15, 0.2) is 36.4 Å². The second kappa shape index (κ2) is 10.4. The number of hydrogen-bond donors (Lipinski definition) is 3. The summed E-state index contributed by atoms with van der Waals surface area (Å²) in [4.78, 5) is 37.2. The fourth-order valence-corrected chi connectivity index (χ4v) is 3.59. The molecule has 0 atom stereocenters. The summed E-state index contributed by atoms with van der Waals surface area (Å²) in [6, 6.07) is 9.02. The van der Waals surface area contributed by atoms with Crippen LogP contribution in [0.3, 0.4) is 0 Å². The molecule has 0 aliphatic carbocycles. The van der Waals surface area contributed by atoms with Gasteiger partial charge in [-0.1, -0.05) is 24.1 Å². The number of nitrogens with one attached hydrogen (secondary N) is 2. The Kier molecular flexibility index (Phi) is 7.59. The molecule has 1 fully saturated rings. The number of rotatable bonds is 6. The summed E-state index contributed by atoms with van der Waals surface area (Å²) in [5.74, 6) is -3.68. The maximum Gasteiger partial charge on any atom is 0.394 e. The Morgan fingerprint density at radius 3 is 2.45 bits per heavy atom. The van der Waals surface area contributed by atoms with E-state index in [-0.39, 0.29) is 17.3 Å². The van der Waals surface area contributed by atoms with E-state index in [9.17, 15) is 18.8 Å². The molecule has 7 nitrogen and oxygen atoms in total. The SMILES string of the molecule is O=C(O)C(=O)NCc1ccc(C(=O)Nc2ccc(Cl)c(F)c2)cc1CN1CCCCC1. The van der Waals surface area contributed by atoms with Crippen LogP contribution in [0.1, 0.15) is 40.7 Å². The highest BCUT2D eigenvalue weighted by molar-refractivity contribution is 6.31. The predicted molar refractivity (Wildman–Crippen MR) is 114 cm³/mol. The van der Waals surface area contributed by atoms with Crippen molar-refractivity contribution in [1.82, 2.24) is 10.2 Å². The molecule has 3 N–H and O–H groups in total. The first-order valence-electron chi connectivity index (χ1n) is 9.95. The molecule has 0 spiro atoms. The topological polar surface area (TPSA) is 98.7 Å². The third kappa shape index (κ3) is 6.26. The Hall–Kier alpha value is -2.97. The lowest BCUT2D eigenvalue weighted by Gasteiger charge is -2.27. The lowest BCUT2D eigenvalue weighted by Crippen LogP contribution is -2.32. The van der Waals surface area contributed by atoms with Gasteiger partial charge in [-0.25, -0.2) is 9.18 Å². The summed E-state index contributed by atoms with van der Waals surface area (Å²) in [5.41, 5.74) is 2.20. The van der Waals surface area contributed by atoms with Crippen molar-refractivity contribution in [2.75, 3.05) is 18.4 Å². The van der Waals surface area contributed by atoms with Crippen molar-refractivity contribution in [3.8, 4) is 0 Å². The maximum absolute atomic E-state index is 13.7. The molecule has 31 heavy (non-hydrogen) atoms. The summed E-state index contributed by atoms with van der Waals surface area (Å²) in [6.07, 6.45) is 3.36. The number of aliphatic carboxylic acids is 1. The second-order valence-electron chi connectivity index (χ2n) is 7.39. The molecule has 2 aromatic rings. The molecule has 9 heteroatoms. The van der Waals surface area contributed by atoms with Crippen molar-refractivity contribution in [1.29, 1.82) is 0 Å². The lowest BCUT2D eigenvalue weighted by molar-refractivity contribution is -0.150. The third-order valence-electron chi connectivity index (χ3n) is 5.12. The molecule has 164 valence electrons. The third-order valence-corrected chi connectivity index (χ3v) is 5.43. The van der Waals surface area contributed by atoms with Gasteiger partial charge in [0.25, 0.3) is 5.91 Å². The van der Waals surface area contributed by atoms with Crippen molar-refractivity contribution in [2.24, 2.45) is 0 Å². The van der Waals surface area contributed by atoms with E-state index in [1.165, 1.54) is 18.6 Å². The standard InChI is InChI=1S/C22H23ClFN3O4/c23-18-7-6-17(11-19(18)24)26-20(28)14-4-5-15(12-25-21(29)22(30)31)16(10-14)13-27-8-2-1-3-9-27/h4-7,10-11H,1-3,8-9,12-13H2,(H,25,29)(H,26,28)(H,30,31). The van der Waals surface area contributed by atoms with E-state index in [0.717, 1.165) is 43.1 Å². The smallest absolute Gasteiger partial charge is 0.394 e. The first-order chi connectivity index (χ1) is 14.8. The minimum Gasteiger partial charge on any atom is -0.474 e. The zero-order chi connectivity index (χ0) is 22.4. The van der Waals surface area contributed by atoms with Gasteiger partial charge in [-0.05, 0) is 67.4 Å². The number of benzene rings is 2. The largest absolute Gasteiger partial charge is 0.474 e. The van der Waals surface area contributed by atoms with Gasteiger partial charge in [0.05, 0.1) is 5.02 Å². The minimum absolute atomic E-state index is 0.0328. The van der Waals surface area contributed by atoms with Crippen LogP contribution in [0.4, 0.5) is 10.1 Å². The first-order valence-corrected chi connectivity index (χ1v) is 10.3. The van der Waals surface area contributed by atoms with Crippen LogP contribution in [0.5, 0.6) is 0 Å². The monoisotopic (exact) mass is 447 g/mol. The van der Waals surface area contributed by atoms with Crippen LogP contribution < -0.4 is 10.6 Å². The van der Waals surface area contributed by atoms with Gasteiger partial charge >= 0.3 is 11.9 Å². The van der Waals surface area contributed by atoms with Gasteiger partial charge in [-0.2, -0.15) is 0 Å². The van der Waals surface area contributed by atoms with Gasteiger partial charge < -0.3 is 15.7 Å². The molecule has 1 saturated heterocycles. The highest BCUT2D eigenvalue weighted by Gasteiger charge is 2.17. The van der Waals surface area contributed by atoms with Crippen molar-refractivity contribution in [3.05, 3.63) is 63.9 Å². The number of likely N-dealkylation sites (tertiary alicyclic amines) is 1. The van der Waals surface area contributed by atoms with E-state index in [1.54, 1.807) is 18.2 Å². The number of halogens is 2. The molecule has 0 saturated carbocycles. The van der Waals surface area contributed by atoms with Gasteiger partial charge in [0.2, 0.25) is 0 Å². The van der Waals surface area contributed by atoms with Crippen LogP contribution in [-0.2, 0) is 22.7 Å². The number of carbonyl (C=O) groups excluding carboxylic acids is 2. The van der Waals surface area contributed by atoms with Gasteiger partial charge in [-0.15, -0.1) is 0 Å². The maximum atomic E-state index is 13.7. The van der Waals surface area contributed by atoms with E-state index < -0.39 is 23.6 Å². The molecular formula is C22H23ClFN3O4. The Morgan fingerprint density at radius 2 is 1.77 bits per heavy atom.